The van der Waals surface area contributed by atoms with Gasteiger partial charge in [0.25, 0.3) is 0 Å². The van der Waals surface area contributed by atoms with Gasteiger partial charge in [0, 0.05) is 13.0 Å². The number of aromatic nitrogens is 2. The minimum Gasteiger partial charge on any atom is -0.425 e. The van der Waals surface area contributed by atoms with E-state index in [4.69, 9.17) is 21.6 Å². The fourth-order valence-electron chi connectivity index (χ4n) is 3.08. The van der Waals surface area contributed by atoms with Crippen LogP contribution in [0.2, 0.25) is 5.02 Å². The Bertz CT molecular complexity index is 1160. The molecule has 0 aliphatic carbocycles. The van der Waals surface area contributed by atoms with Crippen molar-refractivity contribution in [2.24, 2.45) is 0 Å². The molecule has 1 saturated heterocycles. The molecule has 1 aromatic heterocycles. The Morgan fingerprint density at radius 2 is 2.06 bits per heavy atom. The minimum atomic E-state index is -4.66. The van der Waals surface area contributed by atoms with Crippen molar-refractivity contribution < 1.29 is 31.1 Å². The maximum absolute atomic E-state index is 13.1. The van der Waals surface area contributed by atoms with Crippen LogP contribution >= 0.6 is 11.6 Å². The van der Waals surface area contributed by atoms with Gasteiger partial charge in [0.1, 0.15) is 12.6 Å². The number of nitrogens with one attached hydrogen (secondary N) is 1. The lowest BCUT2D eigenvalue weighted by atomic mass is 10.3. The highest BCUT2D eigenvalue weighted by Gasteiger charge is 2.43. The summed E-state index contributed by atoms with van der Waals surface area (Å²) in [4.78, 5) is 20.9. The highest BCUT2D eigenvalue weighted by Crippen LogP contribution is 2.34. The second-order valence-electron chi connectivity index (χ2n) is 6.69. The largest absolute Gasteiger partial charge is 0.425 e. The fraction of sp³-hybridized carbons (Fsp3) is 0.333. The minimum absolute atomic E-state index is 0.00221. The van der Waals surface area contributed by atoms with Crippen molar-refractivity contribution in [2.75, 3.05) is 18.0 Å². The number of alkyl halides is 3. The molecule has 2 atom stereocenters. The summed E-state index contributed by atoms with van der Waals surface area (Å²) >= 11 is 6.03. The van der Waals surface area contributed by atoms with Crippen LogP contribution < -0.4 is 10.2 Å². The SMILES string of the molecule is N#Cc1cncc(N2C[C@@H](S(=O)(=O)c3ccccc3Cl)C[C@@H]2OC(=O)NCC(F)(F)F)n1. The zero-order valence-electron chi connectivity index (χ0n) is 16.1. The van der Waals surface area contributed by atoms with Gasteiger partial charge in [0.15, 0.2) is 27.6 Å². The molecule has 1 aliphatic heterocycles. The first-order chi connectivity index (χ1) is 15.0. The number of carbonyl (C=O) groups excluding carboxylic acids is 1. The van der Waals surface area contributed by atoms with E-state index in [1.807, 2.05) is 0 Å². The van der Waals surface area contributed by atoms with Gasteiger partial charge in [0.2, 0.25) is 0 Å². The number of carbonyl (C=O) groups is 1. The first-order valence-corrected chi connectivity index (χ1v) is 10.9. The Morgan fingerprint density at radius 1 is 1.34 bits per heavy atom. The van der Waals surface area contributed by atoms with Crippen molar-refractivity contribution in [1.29, 1.82) is 5.26 Å². The van der Waals surface area contributed by atoms with E-state index in [1.54, 1.807) is 17.5 Å². The third-order valence-electron chi connectivity index (χ3n) is 4.50. The van der Waals surface area contributed by atoms with Gasteiger partial charge in [0.05, 0.1) is 27.6 Å². The van der Waals surface area contributed by atoms with Gasteiger partial charge in [-0.3, -0.25) is 4.98 Å². The van der Waals surface area contributed by atoms with E-state index in [2.05, 4.69) is 9.97 Å². The predicted molar refractivity (Wildman–Crippen MR) is 105 cm³/mol. The lowest BCUT2D eigenvalue weighted by Crippen LogP contribution is -2.40. The van der Waals surface area contributed by atoms with Gasteiger partial charge >= 0.3 is 12.3 Å². The summed E-state index contributed by atoms with van der Waals surface area (Å²) in [5, 5.41) is 9.47. The van der Waals surface area contributed by atoms with Gasteiger partial charge in [-0.1, -0.05) is 23.7 Å². The molecular weight excluding hydrogens is 475 g/mol. The molecule has 32 heavy (non-hydrogen) atoms. The van der Waals surface area contributed by atoms with Gasteiger partial charge in [-0.15, -0.1) is 0 Å². The maximum atomic E-state index is 13.1. The average Bonchev–Trinajstić information content (AvgIpc) is 3.16. The van der Waals surface area contributed by atoms with Crippen LogP contribution in [0.3, 0.4) is 0 Å². The molecule has 0 bridgehead atoms. The molecule has 1 amide bonds. The molecule has 1 N–H and O–H groups in total. The average molecular weight is 490 g/mol. The number of rotatable bonds is 5. The van der Waals surface area contributed by atoms with E-state index < -0.39 is 40.1 Å². The zero-order valence-corrected chi connectivity index (χ0v) is 17.7. The van der Waals surface area contributed by atoms with E-state index in [0.717, 1.165) is 0 Å². The normalized spacial score (nSPS) is 18.8. The summed E-state index contributed by atoms with van der Waals surface area (Å²) < 4.78 is 68.5. The number of amides is 1. The molecule has 0 unspecified atom stereocenters. The number of hydrogen-bond acceptors (Lipinski definition) is 8. The Hall–Kier alpha value is -3.11. The molecule has 14 heteroatoms. The third kappa shape index (κ3) is 5.38. The molecule has 0 saturated carbocycles. The van der Waals surface area contributed by atoms with Crippen molar-refractivity contribution in [1.82, 2.24) is 15.3 Å². The Labute approximate surface area is 185 Å². The zero-order chi connectivity index (χ0) is 23.5. The van der Waals surface area contributed by atoms with Crippen LogP contribution in [0, 0.1) is 11.3 Å². The second-order valence-corrected chi connectivity index (χ2v) is 9.29. The number of nitrogens with zero attached hydrogens (tertiary/aromatic N) is 4. The molecule has 9 nitrogen and oxygen atoms in total. The van der Waals surface area contributed by atoms with E-state index in [9.17, 15) is 26.4 Å². The Morgan fingerprint density at radius 3 is 2.72 bits per heavy atom. The van der Waals surface area contributed by atoms with Crippen LogP contribution in [-0.2, 0) is 14.6 Å². The van der Waals surface area contributed by atoms with Crippen molar-refractivity contribution >= 4 is 33.3 Å². The topological polar surface area (TPSA) is 125 Å². The summed E-state index contributed by atoms with van der Waals surface area (Å²) in [6, 6.07) is 7.55. The summed E-state index contributed by atoms with van der Waals surface area (Å²) in [5.41, 5.74) is -0.0832. The number of benzene rings is 1. The summed E-state index contributed by atoms with van der Waals surface area (Å²) in [6.07, 6.45) is -5.22. The quantitative estimate of drug-likeness (QED) is 0.679. The second kappa shape index (κ2) is 9.17. The predicted octanol–water partition coefficient (Wildman–Crippen LogP) is 2.67. The van der Waals surface area contributed by atoms with Crippen molar-refractivity contribution in [3.63, 3.8) is 0 Å². The summed E-state index contributed by atoms with van der Waals surface area (Å²) in [5.74, 6) is 0.0227. The van der Waals surface area contributed by atoms with E-state index >= 15 is 0 Å². The van der Waals surface area contributed by atoms with E-state index in [-0.39, 0.29) is 34.4 Å². The molecule has 0 radical (unpaired) electrons. The number of anilines is 1. The van der Waals surface area contributed by atoms with Gasteiger partial charge in [-0.05, 0) is 12.1 Å². The fourth-order valence-corrected chi connectivity index (χ4v) is 5.28. The number of nitriles is 1. The first-order valence-electron chi connectivity index (χ1n) is 8.99. The molecule has 1 fully saturated rings. The molecule has 1 aliphatic rings. The number of alkyl carbamates (subject to hydrolysis) is 1. The van der Waals surface area contributed by atoms with Crippen molar-refractivity contribution in [3.05, 3.63) is 47.4 Å². The van der Waals surface area contributed by atoms with Crippen molar-refractivity contribution in [3.8, 4) is 6.07 Å². The summed E-state index contributed by atoms with van der Waals surface area (Å²) in [6.45, 7) is -1.85. The van der Waals surface area contributed by atoms with Gasteiger partial charge in [-0.2, -0.15) is 18.4 Å². The molecule has 1 aromatic carbocycles. The molecule has 0 spiro atoms. The summed E-state index contributed by atoms with van der Waals surface area (Å²) in [7, 11) is -4.01. The number of sulfone groups is 1. The van der Waals surface area contributed by atoms with Crippen LogP contribution in [0.4, 0.5) is 23.8 Å². The Kier molecular flexibility index (Phi) is 6.75. The number of hydrogen-bond donors (Lipinski definition) is 1. The number of halogens is 4. The monoisotopic (exact) mass is 489 g/mol. The lowest BCUT2D eigenvalue weighted by Gasteiger charge is -2.25. The van der Waals surface area contributed by atoms with E-state index in [0.29, 0.717) is 0 Å². The molecular formula is C18H15ClF3N5O4S. The van der Waals surface area contributed by atoms with Gasteiger partial charge < -0.3 is 15.0 Å². The van der Waals surface area contributed by atoms with Crippen LogP contribution in [0.1, 0.15) is 12.1 Å². The van der Waals surface area contributed by atoms with E-state index in [1.165, 1.54) is 35.5 Å². The van der Waals surface area contributed by atoms with Crippen LogP contribution in [-0.4, -0.2) is 55.2 Å². The van der Waals surface area contributed by atoms with Crippen LogP contribution in [0.5, 0.6) is 0 Å². The van der Waals surface area contributed by atoms with Gasteiger partial charge in [-0.25, -0.2) is 18.2 Å². The molecule has 2 heterocycles. The lowest BCUT2D eigenvalue weighted by molar-refractivity contribution is -0.124. The molecule has 3 rings (SSSR count). The van der Waals surface area contributed by atoms with Crippen LogP contribution in [0.15, 0.2) is 41.6 Å². The smallest absolute Gasteiger partial charge is 0.409 e. The van der Waals surface area contributed by atoms with Crippen molar-refractivity contribution in [2.45, 2.75) is 29.0 Å². The molecule has 170 valence electrons. The van der Waals surface area contributed by atoms with Crippen LogP contribution in [0.25, 0.3) is 0 Å². The number of ether oxygens (including phenoxy) is 1. The highest BCUT2D eigenvalue weighted by atomic mass is 35.5. The standard InChI is InChI=1S/C18H15ClF3N5O4S/c19-13-3-1-2-4-14(13)32(29,30)12-5-16(31-17(28)25-10-18(20,21)22)27(9-12)15-8-24-7-11(6-23)26-15/h1-4,7-8,12,16H,5,9-10H2,(H,25,28)/t12-,16-/m0/s1. The molecule has 2 aromatic rings. The Balaban J connectivity index is 1.89. The maximum Gasteiger partial charge on any atom is 0.409 e. The first kappa shape index (κ1) is 23.6. The highest BCUT2D eigenvalue weighted by molar-refractivity contribution is 7.92. The third-order valence-corrected chi connectivity index (χ3v) is 7.13.